The Hall–Kier alpha value is -1.46. The number of pyridine rings is 1. The van der Waals surface area contributed by atoms with Crippen molar-refractivity contribution in [2.45, 2.75) is 19.9 Å². The number of nitrogens with zero attached hydrogens (tertiary/aromatic N) is 2. The van der Waals surface area contributed by atoms with Gasteiger partial charge in [-0.3, -0.25) is 0 Å². The number of hydrogen-bond donors (Lipinski definition) is 2. The fourth-order valence-electron chi connectivity index (χ4n) is 1.63. The van der Waals surface area contributed by atoms with Crippen LogP contribution in [-0.2, 0) is 13.0 Å². The van der Waals surface area contributed by atoms with Crippen LogP contribution < -0.4 is 10.3 Å². The second-order valence-corrected chi connectivity index (χ2v) is 4.93. The number of aliphatic hydroxyl groups is 1. The zero-order valence-electron chi connectivity index (χ0n) is 9.76. The first kappa shape index (κ1) is 12.0. The average Bonchev–Trinajstić information content (AvgIpc) is 2.71. The standard InChI is InChI=1S/C12H16N3OS/c1-9-2-3-10(12(13)14-9)6-15-7-11(4-5-16)17-8-15/h2-3,7-8,16H,4-6H2,1H3,(H2,13,14)/q+1. The quantitative estimate of drug-likeness (QED) is 0.793. The van der Waals surface area contributed by atoms with Crippen molar-refractivity contribution in [1.82, 2.24) is 4.98 Å². The monoisotopic (exact) mass is 250 g/mol. The minimum atomic E-state index is 0.189. The summed E-state index contributed by atoms with van der Waals surface area (Å²) >= 11 is 1.64. The van der Waals surface area contributed by atoms with Gasteiger partial charge in [0.15, 0.2) is 12.7 Å². The van der Waals surface area contributed by atoms with Crippen molar-refractivity contribution in [1.29, 1.82) is 0 Å². The Bertz CT molecular complexity index is 510. The number of aryl methyl sites for hydroxylation is 1. The second-order valence-electron chi connectivity index (χ2n) is 3.96. The van der Waals surface area contributed by atoms with Crippen molar-refractivity contribution >= 4 is 17.2 Å². The van der Waals surface area contributed by atoms with E-state index in [4.69, 9.17) is 10.8 Å². The van der Waals surface area contributed by atoms with E-state index >= 15 is 0 Å². The van der Waals surface area contributed by atoms with Crippen LogP contribution in [0.4, 0.5) is 5.82 Å². The molecule has 4 nitrogen and oxygen atoms in total. The van der Waals surface area contributed by atoms with Gasteiger partial charge in [-0.1, -0.05) is 11.3 Å². The molecular weight excluding hydrogens is 234 g/mol. The number of aliphatic hydroxyl groups excluding tert-OH is 1. The first-order valence-corrected chi connectivity index (χ1v) is 6.36. The van der Waals surface area contributed by atoms with E-state index in [0.717, 1.165) is 17.8 Å². The third-order valence-electron chi connectivity index (χ3n) is 2.51. The summed E-state index contributed by atoms with van der Waals surface area (Å²) in [6.45, 7) is 2.84. The highest BCUT2D eigenvalue weighted by atomic mass is 32.1. The molecule has 0 atom stereocenters. The molecule has 0 saturated heterocycles. The third-order valence-corrected chi connectivity index (χ3v) is 3.50. The summed E-state index contributed by atoms with van der Waals surface area (Å²) in [5, 5.41) is 8.86. The van der Waals surface area contributed by atoms with Gasteiger partial charge in [0.25, 0.3) is 0 Å². The maximum Gasteiger partial charge on any atom is 0.225 e. The molecule has 3 N–H and O–H groups in total. The molecule has 0 unspecified atom stereocenters. The number of thiazole rings is 1. The molecule has 0 saturated carbocycles. The molecule has 0 aliphatic heterocycles. The first-order valence-electron chi connectivity index (χ1n) is 5.48. The lowest BCUT2D eigenvalue weighted by Crippen LogP contribution is -2.31. The Morgan fingerprint density at radius 2 is 2.29 bits per heavy atom. The molecule has 0 amide bonds. The van der Waals surface area contributed by atoms with Crippen LogP contribution in [0.2, 0.25) is 0 Å². The van der Waals surface area contributed by atoms with Crippen molar-refractivity contribution in [2.75, 3.05) is 12.3 Å². The summed E-state index contributed by atoms with van der Waals surface area (Å²) in [4.78, 5) is 5.41. The van der Waals surface area contributed by atoms with Gasteiger partial charge in [-0.25, -0.2) is 4.98 Å². The van der Waals surface area contributed by atoms with Gasteiger partial charge < -0.3 is 10.8 Å². The Kier molecular flexibility index (Phi) is 3.71. The fourth-order valence-corrected chi connectivity index (χ4v) is 2.45. The largest absolute Gasteiger partial charge is 0.396 e. The summed E-state index contributed by atoms with van der Waals surface area (Å²) < 4.78 is 2.07. The summed E-state index contributed by atoms with van der Waals surface area (Å²) in [7, 11) is 0. The van der Waals surface area contributed by atoms with Gasteiger partial charge in [-0.15, -0.1) is 0 Å². The summed E-state index contributed by atoms with van der Waals surface area (Å²) in [5.74, 6) is 0.590. The number of aromatic nitrogens is 2. The van der Waals surface area contributed by atoms with Crippen LogP contribution in [0.5, 0.6) is 0 Å². The lowest BCUT2D eigenvalue weighted by atomic mass is 10.2. The maximum atomic E-state index is 8.86. The van der Waals surface area contributed by atoms with E-state index < -0.39 is 0 Å². The lowest BCUT2D eigenvalue weighted by molar-refractivity contribution is -0.683. The highest BCUT2D eigenvalue weighted by molar-refractivity contribution is 7.09. The Morgan fingerprint density at radius 1 is 1.47 bits per heavy atom. The Balaban J connectivity index is 2.13. The molecule has 90 valence electrons. The number of hydrogen-bond acceptors (Lipinski definition) is 4. The van der Waals surface area contributed by atoms with Gasteiger partial charge in [0.1, 0.15) is 5.82 Å². The Morgan fingerprint density at radius 3 is 3.00 bits per heavy atom. The third kappa shape index (κ3) is 3.01. The molecule has 2 aromatic heterocycles. The molecule has 0 bridgehead atoms. The predicted octanol–water partition coefficient (Wildman–Crippen LogP) is 0.904. The minimum absolute atomic E-state index is 0.189. The van der Waals surface area contributed by atoms with Crippen molar-refractivity contribution in [3.63, 3.8) is 0 Å². The smallest absolute Gasteiger partial charge is 0.225 e. The van der Waals surface area contributed by atoms with E-state index in [0.29, 0.717) is 12.2 Å². The molecule has 17 heavy (non-hydrogen) atoms. The van der Waals surface area contributed by atoms with E-state index in [9.17, 15) is 0 Å². The van der Waals surface area contributed by atoms with Crippen LogP contribution in [0.1, 0.15) is 16.1 Å². The van der Waals surface area contributed by atoms with Gasteiger partial charge in [0.2, 0.25) is 5.51 Å². The fraction of sp³-hybridized carbons (Fsp3) is 0.333. The van der Waals surface area contributed by atoms with E-state index in [1.165, 1.54) is 4.88 Å². The highest BCUT2D eigenvalue weighted by Gasteiger charge is 2.10. The molecule has 0 aliphatic rings. The predicted molar refractivity (Wildman–Crippen MR) is 67.8 cm³/mol. The molecule has 0 aliphatic carbocycles. The van der Waals surface area contributed by atoms with E-state index in [-0.39, 0.29) is 6.61 Å². The summed E-state index contributed by atoms with van der Waals surface area (Å²) in [6.07, 6.45) is 2.75. The molecule has 5 heteroatoms. The minimum Gasteiger partial charge on any atom is -0.396 e. The van der Waals surface area contributed by atoms with Gasteiger partial charge in [0.05, 0.1) is 10.4 Å². The zero-order valence-corrected chi connectivity index (χ0v) is 10.6. The van der Waals surface area contributed by atoms with Crippen molar-refractivity contribution < 1.29 is 9.67 Å². The first-order chi connectivity index (χ1) is 8.19. The van der Waals surface area contributed by atoms with Crippen molar-refractivity contribution in [3.8, 4) is 0 Å². The lowest BCUT2D eigenvalue weighted by Gasteiger charge is -2.01. The molecule has 2 heterocycles. The molecule has 0 fully saturated rings. The molecule has 0 radical (unpaired) electrons. The summed E-state index contributed by atoms with van der Waals surface area (Å²) in [5.41, 5.74) is 9.86. The van der Waals surface area contributed by atoms with Gasteiger partial charge >= 0.3 is 0 Å². The van der Waals surface area contributed by atoms with Crippen molar-refractivity contribution in [3.05, 3.63) is 40.0 Å². The maximum absolute atomic E-state index is 8.86. The molecule has 0 spiro atoms. The molecule has 2 aromatic rings. The SMILES string of the molecule is Cc1ccc(C[n+]2csc(CCO)c2)c(N)n1. The Labute approximate surface area is 104 Å². The van der Waals surface area contributed by atoms with E-state index in [1.807, 2.05) is 30.8 Å². The highest BCUT2D eigenvalue weighted by Crippen LogP contribution is 2.10. The van der Waals surface area contributed by atoms with Crippen LogP contribution in [0, 0.1) is 6.92 Å². The van der Waals surface area contributed by atoms with Crippen LogP contribution >= 0.6 is 11.3 Å². The van der Waals surface area contributed by atoms with E-state index in [2.05, 4.69) is 9.55 Å². The van der Waals surface area contributed by atoms with Crippen LogP contribution in [0.3, 0.4) is 0 Å². The van der Waals surface area contributed by atoms with Gasteiger partial charge in [-0.2, -0.15) is 4.57 Å². The number of nitrogens with two attached hydrogens (primary N) is 1. The normalized spacial score (nSPS) is 10.7. The zero-order chi connectivity index (χ0) is 12.3. The molecule has 2 rings (SSSR count). The van der Waals surface area contributed by atoms with Crippen molar-refractivity contribution in [2.24, 2.45) is 0 Å². The van der Waals surface area contributed by atoms with Crippen LogP contribution in [0.15, 0.2) is 23.8 Å². The van der Waals surface area contributed by atoms with E-state index in [1.54, 1.807) is 11.3 Å². The van der Waals surface area contributed by atoms with Crippen LogP contribution in [-0.4, -0.2) is 16.7 Å². The average molecular weight is 250 g/mol. The number of anilines is 1. The number of nitrogen functional groups attached to an aromatic ring is 1. The molecular formula is C12H16N3OS+. The van der Waals surface area contributed by atoms with Crippen LogP contribution in [0.25, 0.3) is 0 Å². The summed E-state index contributed by atoms with van der Waals surface area (Å²) in [6, 6.07) is 3.97. The van der Waals surface area contributed by atoms with Gasteiger partial charge in [-0.05, 0) is 19.1 Å². The van der Waals surface area contributed by atoms with Gasteiger partial charge in [0, 0.05) is 18.7 Å². The topological polar surface area (TPSA) is 63.0 Å². The second kappa shape index (κ2) is 5.25. The molecule has 0 aromatic carbocycles. The number of rotatable bonds is 4.